The zero-order valence-corrected chi connectivity index (χ0v) is 6.04. The van der Waals surface area contributed by atoms with Gasteiger partial charge in [0.2, 0.25) is 0 Å². The highest BCUT2D eigenvalue weighted by Crippen LogP contribution is 2.18. The number of nitrogens with one attached hydrogen (secondary N) is 1. The Morgan fingerprint density at radius 2 is 2.09 bits per heavy atom. The van der Waals surface area contributed by atoms with Gasteiger partial charge in [0, 0.05) is 17.5 Å². The molecule has 0 amide bonds. The van der Waals surface area contributed by atoms with Crippen LogP contribution >= 0.6 is 0 Å². The Hall–Kier alpha value is -1.57. The predicted molar refractivity (Wildman–Crippen MR) is 46.8 cm³/mol. The van der Waals surface area contributed by atoms with Gasteiger partial charge in [-0.3, -0.25) is 0 Å². The normalized spacial score (nSPS) is 14.0. The van der Waals surface area contributed by atoms with Gasteiger partial charge in [-0.05, 0) is 6.07 Å². The number of benzene rings is 1. The molecule has 0 saturated carbocycles. The molecule has 1 aromatic carbocycles. The van der Waals surface area contributed by atoms with Crippen molar-refractivity contribution < 1.29 is 0 Å². The second kappa shape index (κ2) is 2.23. The quantitative estimate of drug-likeness (QED) is 0.591. The zero-order valence-electron chi connectivity index (χ0n) is 6.04. The van der Waals surface area contributed by atoms with Crippen molar-refractivity contribution in [2.75, 3.05) is 5.32 Å². The van der Waals surface area contributed by atoms with E-state index in [0.29, 0.717) is 5.82 Å². The van der Waals surface area contributed by atoms with Crippen molar-refractivity contribution in [1.29, 1.82) is 0 Å². The molecule has 1 aliphatic heterocycles. The van der Waals surface area contributed by atoms with Gasteiger partial charge in [-0.25, -0.2) is 4.99 Å². The topological polar surface area (TPSA) is 24.4 Å². The van der Waals surface area contributed by atoms with Gasteiger partial charge < -0.3 is 5.32 Å². The molecule has 0 aliphatic carbocycles. The molecule has 0 bridgehead atoms. The Labute approximate surface area is 65.3 Å². The summed E-state index contributed by atoms with van der Waals surface area (Å²) in [6.45, 7) is 3.70. The molecular formula is C9H8N2. The van der Waals surface area contributed by atoms with Crippen molar-refractivity contribution in [3.63, 3.8) is 0 Å². The summed E-state index contributed by atoms with van der Waals surface area (Å²) in [5.74, 6) is 0.698. The monoisotopic (exact) mass is 144 g/mol. The van der Waals surface area contributed by atoms with E-state index in [9.17, 15) is 0 Å². The molecule has 1 aliphatic rings. The summed E-state index contributed by atoms with van der Waals surface area (Å²) in [5, 5.41) is 3.07. The lowest BCUT2D eigenvalue weighted by atomic mass is 10.2. The van der Waals surface area contributed by atoms with Crippen molar-refractivity contribution in [3.8, 4) is 0 Å². The lowest BCUT2D eigenvalue weighted by Gasteiger charge is -2.12. The molecule has 1 heterocycles. The summed E-state index contributed by atoms with van der Waals surface area (Å²) in [4.78, 5) is 4.04. The molecule has 54 valence electrons. The zero-order chi connectivity index (χ0) is 7.68. The van der Waals surface area contributed by atoms with Gasteiger partial charge in [-0.15, -0.1) is 0 Å². The molecule has 0 atom stereocenters. The number of hydrogen-bond acceptors (Lipinski definition) is 2. The highest BCUT2D eigenvalue weighted by atomic mass is 15.0. The minimum atomic E-state index is 0.698. The number of fused-ring (bicyclic) bond motifs is 1. The number of para-hydroxylation sites is 1. The third kappa shape index (κ3) is 1.03. The molecular weight excluding hydrogens is 136 g/mol. The summed E-state index contributed by atoms with van der Waals surface area (Å²) in [6.07, 6.45) is 1.81. The molecule has 0 unspecified atom stereocenters. The Kier molecular flexibility index (Phi) is 1.25. The maximum atomic E-state index is 4.04. The van der Waals surface area contributed by atoms with E-state index in [0.717, 1.165) is 11.3 Å². The number of aliphatic imine (C=N–C) groups is 1. The van der Waals surface area contributed by atoms with E-state index in [2.05, 4.69) is 16.9 Å². The maximum absolute atomic E-state index is 4.04. The molecule has 0 radical (unpaired) electrons. The van der Waals surface area contributed by atoms with E-state index in [1.807, 2.05) is 30.5 Å². The van der Waals surface area contributed by atoms with Crippen LogP contribution in [0.5, 0.6) is 0 Å². The van der Waals surface area contributed by atoms with Gasteiger partial charge in [-0.2, -0.15) is 0 Å². The first-order valence-electron chi connectivity index (χ1n) is 3.45. The summed E-state index contributed by atoms with van der Waals surface area (Å²) in [5.41, 5.74) is 2.19. The minimum Gasteiger partial charge on any atom is -0.340 e. The number of nitrogens with zero attached hydrogens (tertiary/aromatic N) is 1. The molecule has 2 rings (SSSR count). The Morgan fingerprint density at radius 3 is 3.00 bits per heavy atom. The number of rotatable bonds is 0. The van der Waals surface area contributed by atoms with Crippen molar-refractivity contribution >= 4 is 11.9 Å². The fourth-order valence-electron chi connectivity index (χ4n) is 1.06. The van der Waals surface area contributed by atoms with Gasteiger partial charge in [0.25, 0.3) is 0 Å². The Morgan fingerprint density at radius 1 is 1.27 bits per heavy atom. The first-order chi connectivity index (χ1) is 5.36. The number of hydrogen-bond donors (Lipinski definition) is 1. The molecule has 0 spiro atoms. The van der Waals surface area contributed by atoms with E-state index in [-0.39, 0.29) is 0 Å². The number of anilines is 1. The third-order valence-corrected chi connectivity index (χ3v) is 1.60. The summed E-state index contributed by atoms with van der Waals surface area (Å²) in [6, 6.07) is 7.99. The fraction of sp³-hybridized carbons (Fsp3) is 0. The SMILES string of the molecule is C=C1N=Cc2ccccc2N1. The highest BCUT2D eigenvalue weighted by Gasteiger charge is 2.03. The van der Waals surface area contributed by atoms with Crippen LogP contribution in [-0.4, -0.2) is 6.21 Å². The van der Waals surface area contributed by atoms with E-state index in [1.54, 1.807) is 0 Å². The average Bonchev–Trinajstić information content (AvgIpc) is 2.04. The average molecular weight is 144 g/mol. The van der Waals surface area contributed by atoms with Gasteiger partial charge >= 0.3 is 0 Å². The van der Waals surface area contributed by atoms with E-state index in [1.165, 1.54) is 0 Å². The van der Waals surface area contributed by atoms with Crippen LogP contribution in [-0.2, 0) is 0 Å². The van der Waals surface area contributed by atoms with Crippen LogP contribution < -0.4 is 5.32 Å². The second-order valence-electron chi connectivity index (χ2n) is 2.42. The molecule has 0 aromatic heterocycles. The minimum absolute atomic E-state index is 0.698. The van der Waals surface area contributed by atoms with Gasteiger partial charge in [0.05, 0.1) is 0 Å². The van der Waals surface area contributed by atoms with Gasteiger partial charge in [-0.1, -0.05) is 24.8 Å². The first-order valence-corrected chi connectivity index (χ1v) is 3.45. The van der Waals surface area contributed by atoms with Crippen LogP contribution in [0, 0.1) is 0 Å². The molecule has 2 nitrogen and oxygen atoms in total. The lowest BCUT2D eigenvalue weighted by molar-refractivity contribution is 1.30. The van der Waals surface area contributed by atoms with E-state index < -0.39 is 0 Å². The Bertz CT molecular complexity index is 326. The maximum Gasteiger partial charge on any atom is 0.123 e. The van der Waals surface area contributed by atoms with Crippen molar-refractivity contribution in [2.24, 2.45) is 4.99 Å². The van der Waals surface area contributed by atoms with Gasteiger partial charge in [0.1, 0.15) is 5.82 Å². The van der Waals surface area contributed by atoms with Crippen LogP contribution in [0.1, 0.15) is 5.56 Å². The first kappa shape index (κ1) is 6.16. The van der Waals surface area contributed by atoms with Crippen LogP contribution in [0.25, 0.3) is 0 Å². The molecule has 11 heavy (non-hydrogen) atoms. The fourth-order valence-corrected chi connectivity index (χ4v) is 1.06. The standard InChI is InChI=1S/C9H8N2/c1-7-10-6-8-4-2-3-5-9(8)11-7/h2-6,11H,1H2. The molecule has 1 N–H and O–H groups in total. The lowest BCUT2D eigenvalue weighted by Crippen LogP contribution is -2.04. The smallest absolute Gasteiger partial charge is 0.123 e. The molecule has 1 aromatic rings. The molecule has 2 heteroatoms. The van der Waals surface area contributed by atoms with E-state index >= 15 is 0 Å². The summed E-state index contributed by atoms with van der Waals surface area (Å²) in [7, 11) is 0. The highest BCUT2D eigenvalue weighted by molar-refractivity contribution is 5.90. The van der Waals surface area contributed by atoms with E-state index in [4.69, 9.17) is 0 Å². The van der Waals surface area contributed by atoms with Crippen molar-refractivity contribution in [1.82, 2.24) is 0 Å². The predicted octanol–water partition coefficient (Wildman–Crippen LogP) is 2.00. The van der Waals surface area contributed by atoms with Crippen LogP contribution in [0.4, 0.5) is 5.69 Å². The Balaban J connectivity index is 2.54. The largest absolute Gasteiger partial charge is 0.340 e. The van der Waals surface area contributed by atoms with Crippen LogP contribution in [0.2, 0.25) is 0 Å². The van der Waals surface area contributed by atoms with Crippen molar-refractivity contribution in [3.05, 3.63) is 42.2 Å². The summed E-state index contributed by atoms with van der Waals surface area (Å²) >= 11 is 0. The van der Waals surface area contributed by atoms with Crippen LogP contribution in [0.3, 0.4) is 0 Å². The van der Waals surface area contributed by atoms with Crippen molar-refractivity contribution in [2.45, 2.75) is 0 Å². The van der Waals surface area contributed by atoms with Crippen LogP contribution in [0.15, 0.2) is 41.7 Å². The molecule has 0 fully saturated rings. The summed E-state index contributed by atoms with van der Waals surface area (Å²) < 4.78 is 0. The molecule has 0 saturated heterocycles. The second-order valence-corrected chi connectivity index (χ2v) is 2.42. The van der Waals surface area contributed by atoms with Gasteiger partial charge in [0.15, 0.2) is 0 Å². The third-order valence-electron chi connectivity index (χ3n) is 1.60.